The third-order valence-electron chi connectivity index (χ3n) is 3.84. The van der Waals surface area contributed by atoms with Gasteiger partial charge in [-0.2, -0.15) is 0 Å². The molecule has 2 aromatic rings. The molecule has 1 nitrogen and oxygen atoms in total. The fourth-order valence-corrected chi connectivity index (χ4v) is 2.54. The molecule has 2 aromatic carbocycles. The van der Waals surface area contributed by atoms with Gasteiger partial charge in [-0.15, -0.1) is 0 Å². The Morgan fingerprint density at radius 3 is 2.10 bits per heavy atom. The van der Waals surface area contributed by atoms with Gasteiger partial charge in [-0.05, 0) is 48.9 Å². The molecule has 112 valence electrons. The molecule has 0 aliphatic heterocycles. The first kappa shape index (κ1) is 15.6. The molecule has 0 spiro atoms. The number of hydrogen-bond acceptors (Lipinski definition) is 1. The van der Waals surface area contributed by atoms with Gasteiger partial charge in [0, 0.05) is 12.2 Å². The SMILES string of the molecule is CCCCCc1ccc(NCCCc2ccccc2)cc1. The molecular weight excluding hydrogens is 254 g/mol. The monoisotopic (exact) mass is 281 g/mol. The molecule has 0 aliphatic carbocycles. The van der Waals surface area contributed by atoms with Gasteiger partial charge in [0.2, 0.25) is 0 Å². The molecule has 0 atom stereocenters. The second-order valence-corrected chi connectivity index (χ2v) is 5.67. The summed E-state index contributed by atoms with van der Waals surface area (Å²) < 4.78 is 0. The minimum absolute atomic E-state index is 1.03. The van der Waals surface area contributed by atoms with Gasteiger partial charge in [0.1, 0.15) is 0 Å². The zero-order valence-electron chi connectivity index (χ0n) is 13.1. The van der Waals surface area contributed by atoms with Crippen LogP contribution in [-0.2, 0) is 12.8 Å². The Morgan fingerprint density at radius 2 is 1.38 bits per heavy atom. The number of hydrogen-bond donors (Lipinski definition) is 1. The van der Waals surface area contributed by atoms with E-state index in [1.807, 2.05) is 0 Å². The fourth-order valence-electron chi connectivity index (χ4n) is 2.54. The third kappa shape index (κ3) is 6.03. The smallest absolute Gasteiger partial charge is 0.0340 e. The van der Waals surface area contributed by atoms with Crippen LogP contribution < -0.4 is 5.32 Å². The van der Waals surface area contributed by atoms with Crippen molar-refractivity contribution in [1.82, 2.24) is 0 Å². The maximum absolute atomic E-state index is 3.51. The summed E-state index contributed by atoms with van der Waals surface area (Å²) in [7, 11) is 0. The van der Waals surface area contributed by atoms with Crippen molar-refractivity contribution >= 4 is 5.69 Å². The highest BCUT2D eigenvalue weighted by Gasteiger charge is 1.96. The average Bonchev–Trinajstić information content (AvgIpc) is 2.54. The molecule has 2 rings (SSSR count). The van der Waals surface area contributed by atoms with E-state index in [9.17, 15) is 0 Å². The van der Waals surface area contributed by atoms with E-state index >= 15 is 0 Å². The van der Waals surface area contributed by atoms with Crippen LogP contribution in [0.1, 0.15) is 43.7 Å². The second-order valence-electron chi connectivity index (χ2n) is 5.67. The molecule has 0 bridgehead atoms. The number of benzene rings is 2. The molecule has 0 heterocycles. The summed E-state index contributed by atoms with van der Waals surface area (Å²) in [5.74, 6) is 0. The molecule has 0 aromatic heterocycles. The summed E-state index contributed by atoms with van der Waals surface area (Å²) in [5.41, 5.74) is 4.12. The van der Waals surface area contributed by atoms with Crippen LogP contribution in [0.25, 0.3) is 0 Å². The Bertz CT molecular complexity index is 487. The van der Waals surface area contributed by atoms with E-state index < -0.39 is 0 Å². The van der Waals surface area contributed by atoms with E-state index in [2.05, 4.69) is 66.8 Å². The Hall–Kier alpha value is -1.76. The van der Waals surface area contributed by atoms with Gasteiger partial charge in [0.05, 0.1) is 0 Å². The van der Waals surface area contributed by atoms with Crippen molar-refractivity contribution in [3.05, 3.63) is 65.7 Å². The van der Waals surface area contributed by atoms with Crippen LogP contribution in [0.4, 0.5) is 5.69 Å². The summed E-state index contributed by atoms with van der Waals surface area (Å²) in [6.45, 7) is 3.28. The normalized spacial score (nSPS) is 10.5. The van der Waals surface area contributed by atoms with Gasteiger partial charge in [-0.25, -0.2) is 0 Å². The third-order valence-corrected chi connectivity index (χ3v) is 3.84. The van der Waals surface area contributed by atoms with Crippen LogP contribution in [0.2, 0.25) is 0 Å². The molecule has 1 heteroatoms. The lowest BCUT2D eigenvalue weighted by atomic mass is 10.1. The van der Waals surface area contributed by atoms with Gasteiger partial charge in [-0.3, -0.25) is 0 Å². The van der Waals surface area contributed by atoms with Crippen molar-refractivity contribution in [2.24, 2.45) is 0 Å². The van der Waals surface area contributed by atoms with Crippen molar-refractivity contribution in [2.75, 3.05) is 11.9 Å². The predicted molar refractivity (Wildman–Crippen MR) is 92.9 cm³/mol. The summed E-state index contributed by atoms with van der Waals surface area (Å²) in [6.07, 6.45) is 7.45. The van der Waals surface area contributed by atoms with Gasteiger partial charge in [0.25, 0.3) is 0 Å². The van der Waals surface area contributed by atoms with Crippen molar-refractivity contribution in [1.29, 1.82) is 0 Å². The van der Waals surface area contributed by atoms with E-state index in [0.29, 0.717) is 0 Å². The molecule has 0 aliphatic rings. The Balaban J connectivity index is 1.66. The molecule has 1 N–H and O–H groups in total. The molecule has 0 amide bonds. The molecule has 0 radical (unpaired) electrons. The van der Waals surface area contributed by atoms with Crippen LogP contribution in [0.15, 0.2) is 54.6 Å². The Kier molecular flexibility index (Phi) is 6.87. The maximum atomic E-state index is 3.51. The van der Waals surface area contributed by atoms with E-state index in [-0.39, 0.29) is 0 Å². The first-order valence-electron chi connectivity index (χ1n) is 8.25. The second kappa shape index (κ2) is 9.23. The molecule has 0 fully saturated rings. The summed E-state index contributed by atoms with van der Waals surface area (Å²) in [5, 5.41) is 3.51. The number of rotatable bonds is 9. The summed E-state index contributed by atoms with van der Waals surface area (Å²) in [4.78, 5) is 0. The van der Waals surface area contributed by atoms with Gasteiger partial charge in [-0.1, -0.05) is 62.2 Å². The highest BCUT2D eigenvalue weighted by atomic mass is 14.9. The summed E-state index contributed by atoms with van der Waals surface area (Å²) >= 11 is 0. The van der Waals surface area contributed by atoms with Crippen molar-refractivity contribution in [3.63, 3.8) is 0 Å². The van der Waals surface area contributed by atoms with Crippen molar-refractivity contribution in [2.45, 2.75) is 45.4 Å². The van der Waals surface area contributed by atoms with E-state index in [4.69, 9.17) is 0 Å². The molecule has 0 saturated heterocycles. The minimum Gasteiger partial charge on any atom is -0.385 e. The maximum Gasteiger partial charge on any atom is 0.0340 e. The average molecular weight is 281 g/mol. The zero-order valence-corrected chi connectivity index (χ0v) is 13.1. The van der Waals surface area contributed by atoms with Gasteiger partial charge < -0.3 is 5.32 Å². The van der Waals surface area contributed by atoms with Crippen molar-refractivity contribution in [3.8, 4) is 0 Å². The molecule has 0 saturated carbocycles. The number of aryl methyl sites for hydroxylation is 2. The Morgan fingerprint density at radius 1 is 0.714 bits per heavy atom. The quantitative estimate of drug-likeness (QED) is 0.601. The van der Waals surface area contributed by atoms with E-state index in [0.717, 1.165) is 13.0 Å². The van der Waals surface area contributed by atoms with Crippen LogP contribution in [0.3, 0.4) is 0 Å². The highest BCUT2D eigenvalue weighted by molar-refractivity contribution is 5.44. The van der Waals surface area contributed by atoms with Gasteiger partial charge in [0.15, 0.2) is 0 Å². The number of nitrogens with one attached hydrogen (secondary N) is 1. The lowest BCUT2D eigenvalue weighted by Crippen LogP contribution is -2.03. The fraction of sp³-hybridized carbons (Fsp3) is 0.400. The number of unbranched alkanes of at least 4 members (excludes halogenated alkanes) is 2. The molecule has 0 unspecified atom stereocenters. The van der Waals surface area contributed by atoms with Crippen LogP contribution in [-0.4, -0.2) is 6.54 Å². The van der Waals surface area contributed by atoms with Crippen LogP contribution in [0.5, 0.6) is 0 Å². The highest BCUT2D eigenvalue weighted by Crippen LogP contribution is 2.12. The summed E-state index contributed by atoms with van der Waals surface area (Å²) in [6, 6.07) is 19.6. The Labute approximate surface area is 129 Å². The molecular formula is C20H27N. The van der Waals surface area contributed by atoms with Crippen LogP contribution in [0, 0.1) is 0 Å². The molecule has 21 heavy (non-hydrogen) atoms. The zero-order chi connectivity index (χ0) is 14.8. The van der Waals surface area contributed by atoms with E-state index in [1.54, 1.807) is 0 Å². The van der Waals surface area contributed by atoms with E-state index in [1.165, 1.54) is 48.9 Å². The lowest BCUT2D eigenvalue weighted by Gasteiger charge is -2.08. The van der Waals surface area contributed by atoms with Crippen LogP contribution >= 0.6 is 0 Å². The topological polar surface area (TPSA) is 12.0 Å². The lowest BCUT2D eigenvalue weighted by molar-refractivity contribution is 0.717. The van der Waals surface area contributed by atoms with Crippen molar-refractivity contribution < 1.29 is 0 Å². The van der Waals surface area contributed by atoms with Gasteiger partial charge >= 0.3 is 0 Å². The first-order valence-corrected chi connectivity index (χ1v) is 8.25. The predicted octanol–water partition coefficient (Wildman–Crippen LogP) is 5.46. The first-order chi connectivity index (χ1) is 10.4. The largest absolute Gasteiger partial charge is 0.385 e. The standard InChI is InChI=1S/C20H27N/c1-2-3-5-9-19-13-15-20(16-14-19)21-17-8-12-18-10-6-4-7-11-18/h4,6-7,10-11,13-16,21H,2-3,5,8-9,12,17H2,1H3. The minimum atomic E-state index is 1.03. The number of anilines is 1.